The van der Waals surface area contributed by atoms with Crippen LogP contribution in [0.15, 0.2) is 24.3 Å². The lowest BCUT2D eigenvalue weighted by atomic mass is 9.99. The van der Waals surface area contributed by atoms with Crippen LogP contribution in [0.3, 0.4) is 0 Å². The number of aromatic nitrogens is 2. The van der Waals surface area contributed by atoms with E-state index in [1.54, 1.807) is 0 Å². The quantitative estimate of drug-likeness (QED) is 0.931. The molecule has 0 bridgehead atoms. The third-order valence-corrected chi connectivity index (χ3v) is 5.04. The van der Waals surface area contributed by atoms with Crippen molar-refractivity contribution in [1.82, 2.24) is 15.1 Å². The van der Waals surface area contributed by atoms with Crippen LogP contribution >= 0.6 is 0 Å². The monoisotopic (exact) mass is 339 g/mol. The maximum Gasteiger partial charge on any atom is 0.254 e. The van der Waals surface area contributed by atoms with E-state index in [-0.39, 0.29) is 18.1 Å². The smallest absolute Gasteiger partial charge is 0.254 e. The Kier molecular flexibility index (Phi) is 4.12. The minimum atomic E-state index is 0.0773. The van der Waals surface area contributed by atoms with Gasteiger partial charge in [-0.05, 0) is 51.3 Å². The largest absolute Gasteiger partial charge is 0.372 e. The number of carbonyl (C=O) groups excluding carboxylic acids is 1. The van der Waals surface area contributed by atoms with E-state index >= 15 is 0 Å². The number of hydrogen-bond donors (Lipinski definition) is 1. The van der Waals surface area contributed by atoms with Crippen LogP contribution in [0.1, 0.15) is 54.4 Å². The highest BCUT2D eigenvalue weighted by molar-refractivity contribution is 5.95. The van der Waals surface area contributed by atoms with Crippen LogP contribution in [0.2, 0.25) is 0 Å². The number of nitrogens with one attached hydrogen (secondary N) is 1. The Morgan fingerprint density at radius 1 is 1.24 bits per heavy atom. The van der Waals surface area contributed by atoms with Crippen molar-refractivity contribution in [2.45, 2.75) is 51.7 Å². The fraction of sp³-hybridized carbons (Fsp3) is 0.500. The molecule has 1 aromatic carbocycles. The van der Waals surface area contributed by atoms with Gasteiger partial charge in [0.1, 0.15) is 0 Å². The summed E-state index contributed by atoms with van der Waals surface area (Å²) in [6.45, 7) is 7.37. The molecule has 0 unspecified atom stereocenters. The molecule has 2 aromatic rings. The average molecular weight is 339 g/mol. The Balaban J connectivity index is 1.64. The van der Waals surface area contributed by atoms with E-state index in [2.05, 4.69) is 16.3 Å². The summed E-state index contributed by atoms with van der Waals surface area (Å²) < 4.78 is 5.74. The summed E-state index contributed by atoms with van der Waals surface area (Å²) in [7, 11) is 0. The van der Waals surface area contributed by atoms with Crippen molar-refractivity contribution in [3.8, 4) is 11.1 Å². The van der Waals surface area contributed by atoms with Crippen LogP contribution < -0.4 is 0 Å². The number of rotatable bonds is 3. The van der Waals surface area contributed by atoms with E-state index in [4.69, 9.17) is 4.74 Å². The normalized spacial score (nSPS) is 23.7. The molecule has 1 amide bonds. The molecular formula is C20H25N3O2. The van der Waals surface area contributed by atoms with Crippen molar-refractivity contribution in [2.75, 3.05) is 13.1 Å². The lowest BCUT2D eigenvalue weighted by Gasteiger charge is -2.35. The molecule has 5 nitrogen and oxygen atoms in total. The Morgan fingerprint density at radius 3 is 2.64 bits per heavy atom. The Hall–Kier alpha value is -2.14. The first-order valence-corrected chi connectivity index (χ1v) is 9.13. The van der Waals surface area contributed by atoms with Crippen molar-refractivity contribution in [2.24, 2.45) is 0 Å². The van der Waals surface area contributed by atoms with Gasteiger partial charge < -0.3 is 9.64 Å². The number of amides is 1. The summed E-state index contributed by atoms with van der Waals surface area (Å²) in [6.07, 6.45) is 2.57. The second-order valence-electron chi connectivity index (χ2n) is 7.43. The summed E-state index contributed by atoms with van der Waals surface area (Å²) >= 11 is 0. The second-order valence-corrected chi connectivity index (χ2v) is 7.43. The number of benzene rings is 1. The molecule has 4 rings (SSSR count). The second kappa shape index (κ2) is 6.30. The first-order valence-electron chi connectivity index (χ1n) is 9.13. The molecular weight excluding hydrogens is 314 g/mol. The third-order valence-electron chi connectivity index (χ3n) is 5.04. The van der Waals surface area contributed by atoms with Gasteiger partial charge in [0.15, 0.2) is 0 Å². The lowest BCUT2D eigenvalue weighted by Crippen LogP contribution is -2.48. The van der Waals surface area contributed by atoms with Gasteiger partial charge in [0, 0.05) is 35.8 Å². The van der Waals surface area contributed by atoms with Gasteiger partial charge in [0.05, 0.1) is 17.9 Å². The van der Waals surface area contributed by atoms with Gasteiger partial charge in [-0.1, -0.05) is 12.1 Å². The molecule has 0 spiro atoms. The number of ether oxygens (including phenoxy) is 1. The van der Waals surface area contributed by atoms with Crippen LogP contribution in [0.5, 0.6) is 0 Å². The van der Waals surface area contributed by atoms with Crippen LogP contribution in [0.4, 0.5) is 0 Å². The lowest BCUT2D eigenvalue weighted by molar-refractivity contribution is -0.0586. The van der Waals surface area contributed by atoms with Crippen molar-refractivity contribution in [3.63, 3.8) is 0 Å². The molecule has 1 aliphatic carbocycles. The number of aromatic amines is 1. The van der Waals surface area contributed by atoms with Gasteiger partial charge >= 0.3 is 0 Å². The molecule has 2 fully saturated rings. The van der Waals surface area contributed by atoms with Gasteiger partial charge in [-0.3, -0.25) is 9.89 Å². The molecule has 25 heavy (non-hydrogen) atoms. The van der Waals surface area contributed by atoms with Crippen LogP contribution in [0, 0.1) is 6.92 Å². The number of nitrogens with zero attached hydrogens (tertiary/aromatic N) is 2. The van der Waals surface area contributed by atoms with E-state index < -0.39 is 0 Å². The zero-order valence-corrected chi connectivity index (χ0v) is 15.1. The molecule has 1 aromatic heterocycles. The minimum absolute atomic E-state index is 0.0773. The third kappa shape index (κ3) is 3.21. The molecule has 0 radical (unpaired) electrons. The molecule has 132 valence electrons. The van der Waals surface area contributed by atoms with Crippen LogP contribution in [-0.2, 0) is 4.74 Å². The summed E-state index contributed by atoms with van der Waals surface area (Å²) in [5.41, 5.74) is 5.20. The van der Waals surface area contributed by atoms with Crippen molar-refractivity contribution in [1.29, 1.82) is 0 Å². The van der Waals surface area contributed by atoms with Gasteiger partial charge in [0.2, 0.25) is 0 Å². The van der Waals surface area contributed by atoms with Crippen LogP contribution in [-0.4, -0.2) is 46.3 Å². The number of morpholine rings is 1. The van der Waals surface area contributed by atoms with Gasteiger partial charge in [-0.25, -0.2) is 0 Å². The van der Waals surface area contributed by atoms with Crippen molar-refractivity contribution < 1.29 is 9.53 Å². The topological polar surface area (TPSA) is 58.2 Å². The summed E-state index contributed by atoms with van der Waals surface area (Å²) in [5, 5.41) is 7.62. The average Bonchev–Trinajstić information content (AvgIpc) is 3.36. The van der Waals surface area contributed by atoms with E-state index in [1.807, 2.05) is 43.9 Å². The molecule has 2 heterocycles. The predicted octanol–water partition coefficient (Wildman–Crippen LogP) is 3.51. The fourth-order valence-electron chi connectivity index (χ4n) is 3.80. The highest BCUT2D eigenvalue weighted by Crippen LogP contribution is 2.44. The molecule has 2 atom stereocenters. The number of carbonyl (C=O) groups is 1. The predicted molar refractivity (Wildman–Crippen MR) is 96.6 cm³/mol. The van der Waals surface area contributed by atoms with E-state index in [1.165, 1.54) is 18.4 Å². The fourth-order valence-corrected chi connectivity index (χ4v) is 3.80. The van der Waals surface area contributed by atoms with Crippen molar-refractivity contribution in [3.05, 3.63) is 41.2 Å². The Bertz CT molecular complexity index is 784. The van der Waals surface area contributed by atoms with E-state index in [0.29, 0.717) is 19.0 Å². The molecule has 1 aliphatic heterocycles. The Morgan fingerprint density at radius 2 is 1.96 bits per heavy atom. The Labute approximate surface area is 148 Å². The van der Waals surface area contributed by atoms with Gasteiger partial charge in [-0.2, -0.15) is 5.10 Å². The number of aryl methyl sites for hydroxylation is 1. The minimum Gasteiger partial charge on any atom is -0.372 e. The maximum atomic E-state index is 13.0. The summed E-state index contributed by atoms with van der Waals surface area (Å²) in [4.78, 5) is 14.9. The standard InChI is InChI=1S/C20H25N3O2/c1-12-10-23(11-13(2)25-12)20(24)17-6-4-5-16(9-17)18-14(3)21-22-19(18)15-7-8-15/h4-6,9,12-13,15H,7-8,10-11H2,1-3H3,(H,21,22)/t12-,13+. The zero-order chi connectivity index (χ0) is 17.6. The van der Waals surface area contributed by atoms with E-state index in [0.717, 1.165) is 22.5 Å². The van der Waals surface area contributed by atoms with Gasteiger partial charge in [0.25, 0.3) is 5.91 Å². The van der Waals surface area contributed by atoms with Crippen LogP contribution in [0.25, 0.3) is 11.1 Å². The van der Waals surface area contributed by atoms with E-state index in [9.17, 15) is 4.79 Å². The summed E-state index contributed by atoms with van der Waals surface area (Å²) in [5.74, 6) is 0.651. The molecule has 1 saturated heterocycles. The SMILES string of the molecule is Cc1[nH]nc(C2CC2)c1-c1cccc(C(=O)N2C[C@@H](C)O[C@@H](C)C2)c1. The summed E-state index contributed by atoms with van der Waals surface area (Å²) in [6, 6.07) is 7.96. The molecule has 1 saturated carbocycles. The zero-order valence-electron chi connectivity index (χ0n) is 15.1. The number of hydrogen-bond acceptors (Lipinski definition) is 3. The first kappa shape index (κ1) is 16.3. The maximum absolute atomic E-state index is 13.0. The van der Waals surface area contributed by atoms with Gasteiger partial charge in [-0.15, -0.1) is 0 Å². The highest BCUT2D eigenvalue weighted by atomic mass is 16.5. The first-order chi connectivity index (χ1) is 12.0. The van der Waals surface area contributed by atoms with Crippen molar-refractivity contribution >= 4 is 5.91 Å². The molecule has 1 N–H and O–H groups in total. The molecule has 2 aliphatic rings. The number of H-pyrrole nitrogens is 1. The highest BCUT2D eigenvalue weighted by Gasteiger charge is 2.31. The molecule has 5 heteroatoms.